The summed E-state index contributed by atoms with van der Waals surface area (Å²) in [5.41, 5.74) is 0.592. The molecule has 0 radical (unpaired) electrons. The zero-order valence-corrected chi connectivity index (χ0v) is 34.9. The number of imide groups is 1. The SMILES string of the molecule is O=C(O)CN1CCN(CC(=O)O)CCN(CC(=O)CCCN(CC(=O)CCC(=O)NCCN2C(=O)C=CC2=O)C(=O)Cc2ccc(O)c([125I])c2)CCN(CC(=O)O)CC1. The Balaban J connectivity index is 1.62. The summed E-state index contributed by atoms with van der Waals surface area (Å²) in [7, 11) is 0. The minimum Gasteiger partial charge on any atom is -0.507 e. The number of aromatic hydroxyl groups is 1. The Hall–Kier alpha value is -4.84. The van der Waals surface area contributed by atoms with E-state index in [0.29, 0.717) is 9.13 Å². The molecule has 4 amide bonds. The molecule has 0 aromatic heterocycles. The Labute approximate surface area is 354 Å². The summed E-state index contributed by atoms with van der Waals surface area (Å²) in [6.45, 7) is 0.708. The van der Waals surface area contributed by atoms with Gasteiger partial charge in [0.05, 0.1) is 42.7 Å². The third-order valence-corrected chi connectivity index (χ3v) is 10.4. The first kappa shape index (κ1) is 48.5. The van der Waals surface area contributed by atoms with Gasteiger partial charge in [0, 0.05) is 103 Å². The molecule has 2 aliphatic heterocycles. The van der Waals surface area contributed by atoms with Gasteiger partial charge in [-0.3, -0.25) is 67.7 Å². The van der Waals surface area contributed by atoms with Crippen LogP contribution in [0, 0.1) is 3.57 Å². The van der Waals surface area contributed by atoms with Gasteiger partial charge in [-0.05, 0) is 46.7 Å². The molecular weight excluding hydrogens is 887 g/mol. The number of carbonyl (C=O) groups is 9. The van der Waals surface area contributed by atoms with E-state index in [1.54, 1.807) is 26.8 Å². The van der Waals surface area contributed by atoms with Crippen LogP contribution in [0.5, 0.6) is 5.75 Å². The van der Waals surface area contributed by atoms with Crippen molar-refractivity contribution >= 4 is 75.7 Å². The second-order valence-electron chi connectivity index (χ2n) is 14.3. The largest absolute Gasteiger partial charge is 0.507 e. The van der Waals surface area contributed by atoms with Crippen molar-refractivity contribution in [3.8, 4) is 5.75 Å². The number of hydrogen-bond donors (Lipinski definition) is 5. The van der Waals surface area contributed by atoms with Crippen LogP contribution in [0.2, 0.25) is 0 Å². The molecule has 2 heterocycles. The number of nitrogens with zero attached hydrogens (tertiary/aromatic N) is 6. The number of carboxylic acid groups (broad SMARTS) is 3. The van der Waals surface area contributed by atoms with Gasteiger partial charge < -0.3 is 30.6 Å². The molecule has 0 aliphatic carbocycles. The van der Waals surface area contributed by atoms with E-state index in [9.17, 15) is 63.6 Å². The normalized spacial score (nSPS) is 16.3. The summed E-state index contributed by atoms with van der Waals surface area (Å²) in [6.07, 6.45) is 2.00. The lowest BCUT2D eigenvalue weighted by molar-refractivity contribution is -0.140. The van der Waals surface area contributed by atoms with E-state index in [4.69, 9.17) is 0 Å². The number of rotatable bonds is 22. The molecule has 324 valence electrons. The van der Waals surface area contributed by atoms with Crippen molar-refractivity contribution in [3.05, 3.63) is 39.5 Å². The van der Waals surface area contributed by atoms with Gasteiger partial charge >= 0.3 is 17.9 Å². The van der Waals surface area contributed by atoms with Crippen LogP contribution in [0.25, 0.3) is 0 Å². The molecule has 59 heavy (non-hydrogen) atoms. The van der Waals surface area contributed by atoms with Crippen molar-refractivity contribution in [2.45, 2.75) is 32.1 Å². The maximum absolute atomic E-state index is 13.5. The summed E-state index contributed by atoms with van der Waals surface area (Å²) < 4.78 is 0.529. The van der Waals surface area contributed by atoms with Crippen LogP contribution in [-0.4, -0.2) is 208 Å². The molecular formula is C38H52IN7O13. The second-order valence-corrected chi connectivity index (χ2v) is 15.4. The van der Waals surface area contributed by atoms with Crippen molar-refractivity contribution in [2.75, 3.05) is 105 Å². The predicted molar refractivity (Wildman–Crippen MR) is 217 cm³/mol. The molecule has 21 heteroatoms. The molecule has 0 saturated carbocycles. The topological polar surface area (TPSA) is 266 Å². The Morgan fingerprint density at radius 1 is 0.678 bits per heavy atom. The number of carbonyl (C=O) groups excluding carboxylic acids is 6. The number of ketones is 2. The molecule has 0 spiro atoms. The van der Waals surface area contributed by atoms with E-state index >= 15 is 0 Å². The van der Waals surface area contributed by atoms with Gasteiger partial charge in [-0.2, -0.15) is 0 Å². The van der Waals surface area contributed by atoms with Crippen LogP contribution in [0.3, 0.4) is 0 Å². The highest BCUT2D eigenvalue weighted by Crippen LogP contribution is 2.21. The quantitative estimate of drug-likeness (QED) is 0.0660. The van der Waals surface area contributed by atoms with E-state index in [2.05, 4.69) is 5.32 Å². The van der Waals surface area contributed by atoms with Gasteiger partial charge in [-0.1, -0.05) is 6.07 Å². The smallest absolute Gasteiger partial charge is 0.317 e. The van der Waals surface area contributed by atoms with Crippen LogP contribution in [0.15, 0.2) is 30.4 Å². The monoisotopic (exact) mass is 939 g/mol. The number of halogens is 1. The van der Waals surface area contributed by atoms with Gasteiger partial charge in [-0.15, -0.1) is 0 Å². The van der Waals surface area contributed by atoms with Crippen molar-refractivity contribution in [3.63, 3.8) is 0 Å². The molecule has 1 aromatic rings. The lowest BCUT2D eigenvalue weighted by Crippen LogP contribution is -2.49. The summed E-state index contributed by atoms with van der Waals surface area (Å²) >= 11 is 1.93. The molecule has 1 aromatic carbocycles. The average molecular weight is 940 g/mol. The van der Waals surface area contributed by atoms with E-state index < -0.39 is 47.3 Å². The first-order valence-corrected chi connectivity index (χ1v) is 20.2. The molecule has 20 nitrogen and oxygen atoms in total. The maximum atomic E-state index is 13.5. The van der Waals surface area contributed by atoms with E-state index in [0.717, 1.165) is 17.1 Å². The highest BCUT2D eigenvalue weighted by atomic mass is 125. The highest BCUT2D eigenvalue weighted by molar-refractivity contribution is 14.1. The minimum absolute atomic E-state index is 0.00218. The van der Waals surface area contributed by atoms with E-state index in [1.807, 2.05) is 27.5 Å². The minimum atomic E-state index is -1.07. The summed E-state index contributed by atoms with van der Waals surface area (Å²) in [4.78, 5) is 119. The lowest BCUT2D eigenvalue weighted by atomic mass is 10.1. The van der Waals surface area contributed by atoms with Crippen LogP contribution < -0.4 is 5.32 Å². The summed E-state index contributed by atoms with van der Waals surface area (Å²) in [5, 5.41) is 40.8. The zero-order valence-electron chi connectivity index (χ0n) is 32.8. The first-order valence-electron chi connectivity index (χ1n) is 19.1. The number of carboxylic acids is 3. The van der Waals surface area contributed by atoms with Gasteiger partial charge in [0.2, 0.25) is 11.8 Å². The fourth-order valence-corrected chi connectivity index (χ4v) is 6.99. The van der Waals surface area contributed by atoms with Gasteiger partial charge in [0.25, 0.3) is 11.8 Å². The summed E-state index contributed by atoms with van der Waals surface area (Å²) in [6, 6.07) is 4.68. The number of benzene rings is 1. The molecule has 0 unspecified atom stereocenters. The first-order chi connectivity index (χ1) is 28.0. The van der Waals surface area contributed by atoms with Crippen LogP contribution in [-0.2, 0) is 49.6 Å². The van der Waals surface area contributed by atoms with Crippen LogP contribution >= 0.6 is 22.6 Å². The van der Waals surface area contributed by atoms with Crippen molar-refractivity contribution in [1.29, 1.82) is 0 Å². The van der Waals surface area contributed by atoms with Crippen LogP contribution in [0.4, 0.5) is 0 Å². The third kappa shape index (κ3) is 18.7. The Morgan fingerprint density at radius 3 is 1.64 bits per heavy atom. The van der Waals surface area contributed by atoms with Crippen molar-refractivity contribution in [2.24, 2.45) is 0 Å². The van der Waals surface area contributed by atoms with E-state index in [1.165, 1.54) is 11.0 Å². The summed E-state index contributed by atoms with van der Waals surface area (Å²) in [5.74, 6) is -5.61. The lowest BCUT2D eigenvalue weighted by Gasteiger charge is -2.32. The fraction of sp³-hybridized carbons (Fsp3) is 0.553. The second kappa shape index (κ2) is 24.9. The fourth-order valence-electron chi connectivity index (χ4n) is 6.41. The Kier molecular flexibility index (Phi) is 20.5. The molecule has 1 fully saturated rings. The maximum Gasteiger partial charge on any atom is 0.317 e. The van der Waals surface area contributed by atoms with Crippen LogP contribution in [0.1, 0.15) is 31.2 Å². The Bertz CT molecular complexity index is 1690. The zero-order chi connectivity index (χ0) is 43.5. The number of aliphatic carboxylic acids is 3. The molecule has 5 N–H and O–H groups in total. The average Bonchev–Trinajstić information content (AvgIpc) is 3.47. The Morgan fingerprint density at radius 2 is 1.17 bits per heavy atom. The number of Topliss-reactive ketones (excluding diaryl/α,β-unsaturated/α-hetero) is 2. The molecule has 0 bridgehead atoms. The van der Waals surface area contributed by atoms with Gasteiger partial charge in [0.1, 0.15) is 11.5 Å². The van der Waals surface area contributed by atoms with Gasteiger partial charge in [-0.25, -0.2) is 0 Å². The number of phenolic OH excluding ortho intramolecular Hbond substituents is 1. The molecule has 2 aliphatic rings. The number of amides is 4. The molecule has 1 saturated heterocycles. The van der Waals surface area contributed by atoms with Crippen molar-refractivity contribution in [1.82, 2.24) is 34.7 Å². The standard InChI is InChI=1S/C38H52IN7O13/c39-30-20-27(3-5-31(30)49)21-35(53)45(23-29(48)4-6-32(50)40-9-11-46-33(51)7-8-34(46)52)10-1-2-28(47)22-41-12-14-42(24-36(54)55)16-18-44(26-38(58)59)19-17-43(15-13-41)25-37(56)57/h3,5,7-8,20,49H,1-2,4,6,9-19,21-26H2,(H,40,50)(H,54,55)(H,56,57)(H,58,59)/i39-2. The number of nitrogens with one attached hydrogen (secondary N) is 1. The molecule has 3 rings (SSSR count). The molecule has 0 atom stereocenters. The third-order valence-electron chi connectivity index (χ3n) is 9.57. The number of hydrogen-bond acceptors (Lipinski definition) is 14. The predicted octanol–water partition coefficient (Wildman–Crippen LogP) is -1.42. The van der Waals surface area contributed by atoms with E-state index in [-0.39, 0.29) is 148 Å². The van der Waals surface area contributed by atoms with Gasteiger partial charge in [0.15, 0.2) is 5.78 Å². The number of phenols is 1. The highest BCUT2D eigenvalue weighted by Gasteiger charge is 2.24. The van der Waals surface area contributed by atoms with Crippen molar-refractivity contribution < 1.29 is 63.6 Å².